The number of ether oxygens (including phenoxy) is 1. The first-order valence-electron chi connectivity index (χ1n) is 12.1. The van der Waals surface area contributed by atoms with Gasteiger partial charge in [0.25, 0.3) is 0 Å². The molecule has 0 saturated carbocycles. The Morgan fingerprint density at radius 3 is 2.17 bits per heavy atom. The first kappa shape index (κ1) is 26.1. The van der Waals surface area contributed by atoms with Crippen molar-refractivity contribution in [3.63, 3.8) is 0 Å². The molecular weight excluding hydrogens is 440 g/mol. The summed E-state index contributed by atoms with van der Waals surface area (Å²) in [5, 5.41) is 31.0. The van der Waals surface area contributed by atoms with E-state index in [1.807, 2.05) is 26.0 Å². The molecule has 0 fully saturated rings. The molecule has 5 nitrogen and oxygen atoms in total. The molecule has 0 aromatic heterocycles. The normalized spacial score (nSPS) is 15.3. The van der Waals surface area contributed by atoms with E-state index in [0.717, 1.165) is 41.2 Å². The Hall–Kier alpha value is -3.47. The molecular formula is C30H36O5. The number of ketones is 1. The van der Waals surface area contributed by atoms with Gasteiger partial charge in [0.2, 0.25) is 0 Å². The van der Waals surface area contributed by atoms with E-state index >= 15 is 0 Å². The van der Waals surface area contributed by atoms with Crippen LogP contribution in [-0.2, 0) is 12.8 Å². The average molecular weight is 477 g/mol. The SMILES string of the molecule is CC(C)=CCCC(C)=CCc1cc([C@H]2CC(=O)c3c(O)cc(O)cc3O2)cc(CC=C(C)C)c1O. The minimum atomic E-state index is -0.580. The van der Waals surface area contributed by atoms with Crippen molar-refractivity contribution in [3.05, 3.63) is 81.5 Å². The summed E-state index contributed by atoms with van der Waals surface area (Å²) in [4.78, 5) is 12.8. The van der Waals surface area contributed by atoms with Crippen molar-refractivity contribution < 1.29 is 24.9 Å². The molecule has 1 aliphatic heterocycles. The van der Waals surface area contributed by atoms with Crippen LogP contribution in [0.3, 0.4) is 0 Å². The van der Waals surface area contributed by atoms with E-state index in [1.165, 1.54) is 17.2 Å². The average Bonchev–Trinajstić information content (AvgIpc) is 2.76. The smallest absolute Gasteiger partial charge is 0.174 e. The van der Waals surface area contributed by atoms with Crippen LogP contribution in [0.2, 0.25) is 0 Å². The highest BCUT2D eigenvalue weighted by Gasteiger charge is 2.31. The second-order valence-corrected chi connectivity index (χ2v) is 9.82. The van der Waals surface area contributed by atoms with Gasteiger partial charge in [0.1, 0.15) is 34.7 Å². The maximum Gasteiger partial charge on any atom is 0.174 e. The lowest BCUT2D eigenvalue weighted by atomic mass is 9.91. The highest BCUT2D eigenvalue weighted by Crippen LogP contribution is 2.42. The number of aromatic hydroxyl groups is 3. The molecule has 0 amide bonds. The van der Waals surface area contributed by atoms with Gasteiger partial charge in [0, 0.05) is 12.1 Å². The molecule has 186 valence electrons. The van der Waals surface area contributed by atoms with E-state index in [-0.39, 0.29) is 40.8 Å². The molecule has 1 heterocycles. The standard InChI is InChI=1S/C30H36O5/c1-18(2)7-6-8-20(5)10-12-22-14-23(13-21(30(22)34)11-9-19(3)4)27-17-26(33)29-25(32)15-24(31)16-28(29)35-27/h7,9-10,13-16,27,31-32,34H,6,8,11-12,17H2,1-5H3/t27-/m1/s1. The quantitative estimate of drug-likeness (QED) is 0.349. The molecule has 0 bridgehead atoms. The summed E-state index contributed by atoms with van der Waals surface area (Å²) in [6.45, 7) is 10.3. The Labute approximate surface area is 208 Å². The summed E-state index contributed by atoms with van der Waals surface area (Å²) < 4.78 is 6.07. The third-order valence-corrected chi connectivity index (χ3v) is 6.14. The Morgan fingerprint density at radius 2 is 1.54 bits per heavy atom. The topological polar surface area (TPSA) is 87.0 Å². The van der Waals surface area contributed by atoms with Gasteiger partial charge in [-0.1, -0.05) is 34.9 Å². The highest BCUT2D eigenvalue weighted by atomic mass is 16.5. The predicted octanol–water partition coefficient (Wildman–Crippen LogP) is 7.25. The van der Waals surface area contributed by atoms with Gasteiger partial charge in [-0.3, -0.25) is 4.79 Å². The van der Waals surface area contributed by atoms with Crippen LogP contribution in [0.15, 0.2) is 59.2 Å². The summed E-state index contributed by atoms with van der Waals surface area (Å²) in [5.41, 5.74) is 6.14. The zero-order chi connectivity index (χ0) is 25.7. The maximum atomic E-state index is 12.8. The minimum Gasteiger partial charge on any atom is -0.508 e. The molecule has 0 saturated heterocycles. The fourth-order valence-electron chi connectivity index (χ4n) is 4.18. The molecule has 2 aromatic rings. The number of fused-ring (bicyclic) bond motifs is 1. The van der Waals surface area contributed by atoms with E-state index in [1.54, 1.807) is 0 Å². The van der Waals surface area contributed by atoms with Crippen LogP contribution in [0.25, 0.3) is 0 Å². The summed E-state index contributed by atoms with van der Waals surface area (Å²) in [5.74, 6) is -0.271. The lowest BCUT2D eigenvalue weighted by Crippen LogP contribution is -2.21. The Kier molecular flexibility index (Phi) is 8.44. The van der Waals surface area contributed by atoms with E-state index in [0.29, 0.717) is 12.8 Å². The highest BCUT2D eigenvalue weighted by molar-refractivity contribution is 6.02. The van der Waals surface area contributed by atoms with Crippen molar-refractivity contribution in [2.24, 2.45) is 0 Å². The number of hydrogen-bond donors (Lipinski definition) is 3. The fraction of sp³-hybridized carbons (Fsp3) is 0.367. The van der Waals surface area contributed by atoms with Crippen LogP contribution in [0, 0.1) is 0 Å². The number of phenolic OH excluding ortho intramolecular Hbond substituents is 3. The summed E-state index contributed by atoms with van der Waals surface area (Å²) in [7, 11) is 0. The second-order valence-electron chi connectivity index (χ2n) is 9.82. The molecule has 0 spiro atoms. The first-order valence-corrected chi connectivity index (χ1v) is 12.1. The van der Waals surface area contributed by atoms with Crippen LogP contribution in [0.1, 0.15) is 87.0 Å². The van der Waals surface area contributed by atoms with E-state index in [9.17, 15) is 20.1 Å². The Morgan fingerprint density at radius 1 is 0.914 bits per heavy atom. The van der Waals surface area contributed by atoms with Crippen molar-refractivity contribution in [1.82, 2.24) is 0 Å². The number of allylic oxidation sites excluding steroid dienone is 6. The monoisotopic (exact) mass is 476 g/mol. The van der Waals surface area contributed by atoms with E-state index in [4.69, 9.17) is 4.74 Å². The molecule has 2 aromatic carbocycles. The van der Waals surface area contributed by atoms with Crippen molar-refractivity contribution >= 4 is 5.78 Å². The number of hydrogen-bond acceptors (Lipinski definition) is 5. The third-order valence-electron chi connectivity index (χ3n) is 6.14. The molecule has 35 heavy (non-hydrogen) atoms. The van der Waals surface area contributed by atoms with Gasteiger partial charge in [-0.2, -0.15) is 0 Å². The van der Waals surface area contributed by atoms with Gasteiger partial charge in [-0.15, -0.1) is 0 Å². The zero-order valence-electron chi connectivity index (χ0n) is 21.3. The fourth-order valence-corrected chi connectivity index (χ4v) is 4.18. The molecule has 3 rings (SSSR count). The van der Waals surface area contributed by atoms with E-state index in [2.05, 4.69) is 39.0 Å². The Bertz CT molecular complexity index is 1190. The number of carbonyl (C=O) groups is 1. The Balaban J connectivity index is 1.95. The lowest BCUT2D eigenvalue weighted by Gasteiger charge is -2.27. The number of Topliss-reactive ketones (excluding diaryl/α,β-unsaturated/α-hetero) is 1. The van der Waals surface area contributed by atoms with E-state index < -0.39 is 6.10 Å². The van der Waals surface area contributed by atoms with Gasteiger partial charge in [0.05, 0.1) is 6.42 Å². The maximum absolute atomic E-state index is 12.8. The molecule has 1 atom stereocenters. The minimum absolute atomic E-state index is 0.0647. The molecule has 3 N–H and O–H groups in total. The summed E-state index contributed by atoms with van der Waals surface area (Å²) in [6, 6.07) is 6.27. The van der Waals surface area contributed by atoms with Gasteiger partial charge < -0.3 is 20.1 Å². The third kappa shape index (κ3) is 6.78. The molecule has 0 unspecified atom stereocenters. The van der Waals surface area contributed by atoms with Crippen LogP contribution < -0.4 is 4.74 Å². The predicted molar refractivity (Wildman–Crippen MR) is 139 cm³/mol. The van der Waals surface area contributed by atoms with Crippen LogP contribution in [0.4, 0.5) is 0 Å². The summed E-state index contributed by atoms with van der Waals surface area (Å²) >= 11 is 0. The van der Waals surface area contributed by atoms with Gasteiger partial charge >= 0.3 is 0 Å². The van der Waals surface area contributed by atoms with Crippen molar-refractivity contribution in [3.8, 4) is 23.0 Å². The van der Waals surface area contributed by atoms with Gasteiger partial charge in [0.15, 0.2) is 5.78 Å². The number of carbonyl (C=O) groups excluding carboxylic acids is 1. The largest absolute Gasteiger partial charge is 0.508 e. The van der Waals surface area contributed by atoms with Crippen LogP contribution in [0.5, 0.6) is 23.0 Å². The molecule has 0 aliphatic carbocycles. The lowest BCUT2D eigenvalue weighted by molar-refractivity contribution is 0.0844. The number of benzene rings is 2. The number of phenols is 3. The van der Waals surface area contributed by atoms with Crippen LogP contribution >= 0.6 is 0 Å². The molecule has 1 aliphatic rings. The van der Waals surface area contributed by atoms with Crippen molar-refractivity contribution in [1.29, 1.82) is 0 Å². The first-order chi connectivity index (χ1) is 16.5. The second kappa shape index (κ2) is 11.3. The van der Waals surface area contributed by atoms with Crippen LogP contribution in [-0.4, -0.2) is 21.1 Å². The zero-order valence-corrected chi connectivity index (χ0v) is 21.3. The number of rotatable bonds is 8. The van der Waals surface area contributed by atoms with Crippen molar-refractivity contribution in [2.75, 3.05) is 0 Å². The van der Waals surface area contributed by atoms with Gasteiger partial charge in [-0.25, -0.2) is 0 Å². The summed E-state index contributed by atoms with van der Waals surface area (Å²) in [6.07, 6.45) is 8.98. The molecule has 5 heteroatoms. The molecule has 0 radical (unpaired) electrons. The van der Waals surface area contributed by atoms with Gasteiger partial charge in [-0.05, 0) is 89.1 Å². The van der Waals surface area contributed by atoms with Crippen molar-refractivity contribution in [2.45, 2.75) is 72.8 Å².